The number of pyridine rings is 1. The molecule has 6 nitrogen and oxygen atoms in total. The Balaban J connectivity index is 1.55. The van der Waals surface area contributed by atoms with Crippen molar-refractivity contribution < 1.29 is 4.79 Å². The third-order valence-corrected chi connectivity index (χ3v) is 7.30. The molecule has 180 valence electrons. The number of aliphatic imine (C=N–C) groups is 1. The number of rotatable bonds is 4. The Morgan fingerprint density at radius 3 is 2.46 bits per heavy atom. The van der Waals surface area contributed by atoms with E-state index < -0.39 is 6.04 Å². The van der Waals surface area contributed by atoms with Gasteiger partial charge in [-0.05, 0) is 49.0 Å². The van der Waals surface area contributed by atoms with Gasteiger partial charge in [0.1, 0.15) is 11.9 Å². The molecule has 1 amide bonds. The van der Waals surface area contributed by atoms with E-state index >= 15 is 0 Å². The second kappa shape index (κ2) is 9.97. The first-order chi connectivity index (χ1) is 16.9. The highest BCUT2D eigenvalue weighted by Crippen LogP contribution is 2.31. The molecule has 0 radical (unpaired) electrons. The number of amides is 1. The first-order valence-electron chi connectivity index (χ1n) is 11.7. The lowest BCUT2D eigenvalue weighted by atomic mass is 10.0. The summed E-state index contributed by atoms with van der Waals surface area (Å²) in [5, 5.41) is 1.21. The molecule has 0 saturated carbocycles. The van der Waals surface area contributed by atoms with Gasteiger partial charge in [-0.1, -0.05) is 41.4 Å². The number of carbonyl (C=O) groups is 1. The molecule has 2 aliphatic rings. The third-order valence-electron chi connectivity index (χ3n) is 6.70. The van der Waals surface area contributed by atoms with E-state index in [2.05, 4.69) is 16.8 Å². The summed E-state index contributed by atoms with van der Waals surface area (Å²) >= 11 is 12.8. The van der Waals surface area contributed by atoms with Crippen molar-refractivity contribution in [1.82, 2.24) is 9.88 Å². The van der Waals surface area contributed by atoms with Gasteiger partial charge in [-0.15, -0.1) is 0 Å². The summed E-state index contributed by atoms with van der Waals surface area (Å²) in [6.45, 7) is 3.92. The molecular formula is C27H27Cl2N5O. The molecule has 1 saturated heterocycles. The van der Waals surface area contributed by atoms with Crippen molar-refractivity contribution in [2.75, 3.05) is 50.1 Å². The van der Waals surface area contributed by atoms with Gasteiger partial charge in [0.15, 0.2) is 0 Å². The summed E-state index contributed by atoms with van der Waals surface area (Å²) in [4.78, 5) is 29.5. The summed E-state index contributed by atoms with van der Waals surface area (Å²) < 4.78 is 0. The van der Waals surface area contributed by atoms with E-state index in [9.17, 15) is 4.79 Å². The average molecular weight is 508 g/mol. The van der Waals surface area contributed by atoms with Gasteiger partial charge >= 0.3 is 0 Å². The summed E-state index contributed by atoms with van der Waals surface area (Å²) in [6.07, 6.45) is 2.25. The minimum Gasteiger partial charge on any atom is -0.354 e. The number of carbonyl (C=O) groups excluding carboxylic acids is 1. The topological polar surface area (TPSA) is 52.0 Å². The SMILES string of the molecule is CN1CCN(c2ccc(C3=NC(Cc4ccccc4Cl)C(=O)N(C)c4ccc(Cl)cc43)cn2)CC1. The van der Waals surface area contributed by atoms with Crippen LogP contribution in [0.4, 0.5) is 11.5 Å². The number of likely N-dealkylation sites (N-methyl/N-ethyl adjacent to an activating group) is 2. The monoisotopic (exact) mass is 507 g/mol. The van der Waals surface area contributed by atoms with Crippen LogP contribution in [0.25, 0.3) is 0 Å². The van der Waals surface area contributed by atoms with Crippen LogP contribution in [-0.2, 0) is 11.2 Å². The van der Waals surface area contributed by atoms with E-state index in [0.29, 0.717) is 22.2 Å². The normalized spacial score (nSPS) is 18.8. The lowest BCUT2D eigenvalue weighted by Crippen LogP contribution is -2.44. The quantitative estimate of drug-likeness (QED) is 0.519. The van der Waals surface area contributed by atoms with Crippen molar-refractivity contribution in [2.24, 2.45) is 4.99 Å². The number of piperazine rings is 1. The highest BCUT2D eigenvalue weighted by Gasteiger charge is 2.31. The van der Waals surface area contributed by atoms with Crippen LogP contribution >= 0.6 is 23.2 Å². The predicted octanol–water partition coefficient (Wildman–Crippen LogP) is 4.57. The van der Waals surface area contributed by atoms with Gasteiger partial charge < -0.3 is 14.7 Å². The highest BCUT2D eigenvalue weighted by atomic mass is 35.5. The van der Waals surface area contributed by atoms with Crippen molar-refractivity contribution in [2.45, 2.75) is 12.5 Å². The number of fused-ring (bicyclic) bond motifs is 1. The Labute approximate surface area is 215 Å². The van der Waals surface area contributed by atoms with Gasteiger partial charge in [-0.25, -0.2) is 4.98 Å². The molecule has 1 unspecified atom stereocenters. The Kier molecular flexibility index (Phi) is 6.78. The molecule has 35 heavy (non-hydrogen) atoms. The largest absolute Gasteiger partial charge is 0.354 e. The zero-order valence-electron chi connectivity index (χ0n) is 19.8. The van der Waals surface area contributed by atoms with Gasteiger partial charge in [0, 0.05) is 67.0 Å². The minimum atomic E-state index is -0.626. The number of nitrogens with zero attached hydrogens (tertiary/aromatic N) is 5. The lowest BCUT2D eigenvalue weighted by Gasteiger charge is -2.33. The number of hydrogen-bond donors (Lipinski definition) is 0. The van der Waals surface area contributed by atoms with Crippen LogP contribution in [0.3, 0.4) is 0 Å². The van der Waals surface area contributed by atoms with Gasteiger partial charge in [0.05, 0.1) is 11.4 Å². The van der Waals surface area contributed by atoms with Gasteiger partial charge in [0.25, 0.3) is 5.91 Å². The van der Waals surface area contributed by atoms with Crippen LogP contribution in [0.15, 0.2) is 65.8 Å². The molecule has 5 rings (SSSR count). The Morgan fingerprint density at radius 2 is 1.74 bits per heavy atom. The van der Waals surface area contributed by atoms with Crippen molar-refractivity contribution >= 4 is 46.3 Å². The second-order valence-electron chi connectivity index (χ2n) is 9.04. The maximum absolute atomic E-state index is 13.5. The van der Waals surface area contributed by atoms with E-state index in [1.807, 2.05) is 54.7 Å². The molecule has 1 atom stereocenters. The predicted molar refractivity (Wildman–Crippen MR) is 143 cm³/mol. The third kappa shape index (κ3) is 4.92. The average Bonchev–Trinajstić information content (AvgIpc) is 2.96. The molecule has 0 spiro atoms. The van der Waals surface area contributed by atoms with Crippen LogP contribution in [-0.4, -0.2) is 67.8 Å². The molecule has 0 bridgehead atoms. The van der Waals surface area contributed by atoms with Crippen LogP contribution in [0.1, 0.15) is 16.7 Å². The van der Waals surface area contributed by atoms with E-state index in [4.69, 9.17) is 33.2 Å². The molecule has 2 aliphatic heterocycles. The maximum atomic E-state index is 13.5. The summed E-state index contributed by atoms with van der Waals surface area (Å²) in [6, 6.07) is 16.6. The maximum Gasteiger partial charge on any atom is 0.251 e. The number of halogens is 2. The molecule has 0 N–H and O–H groups in total. The van der Waals surface area contributed by atoms with E-state index in [0.717, 1.165) is 54.4 Å². The lowest BCUT2D eigenvalue weighted by molar-refractivity contribution is -0.119. The van der Waals surface area contributed by atoms with Gasteiger partial charge in [-0.2, -0.15) is 0 Å². The van der Waals surface area contributed by atoms with Crippen LogP contribution < -0.4 is 9.80 Å². The molecule has 2 aromatic carbocycles. The first-order valence-corrected chi connectivity index (χ1v) is 12.4. The summed E-state index contributed by atoms with van der Waals surface area (Å²) in [5.74, 6) is 0.855. The van der Waals surface area contributed by atoms with E-state index in [1.165, 1.54) is 0 Å². The van der Waals surface area contributed by atoms with Crippen molar-refractivity contribution in [3.8, 4) is 0 Å². The molecule has 1 fully saturated rings. The van der Waals surface area contributed by atoms with Gasteiger partial charge in [0.2, 0.25) is 0 Å². The molecular weight excluding hydrogens is 481 g/mol. The van der Waals surface area contributed by atoms with Crippen molar-refractivity contribution in [1.29, 1.82) is 0 Å². The fraction of sp³-hybridized carbons (Fsp3) is 0.296. The zero-order chi connectivity index (χ0) is 24.5. The molecule has 1 aromatic heterocycles. The molecule has 3 aromatic rings. The molecule has 8 heteroatoms. The van der Waals surface area contributed by atoms with Crippen molar-refractivity contribution in [3.63, 3.8) is 0 Å². The van der Waals surface area contributed by atoms with Gasteiger partial charge in [-0.3, -0.25) is 9.79 Å². The number of hydrogen-bond acceptors (Lipinski definition) is 5. The molecule has 3 heterocycles. The number of aromatic nitrogens is 1. The zero-order valence-corrected chi connectivity index (χ0v) is 21.3. The molecule has 0 aliphatic carbocycles. The first kappa shape index (κ1) is 23.8. The summed E-state index contributed by atoms with van der Waals surface area (Å²) in [7, 11) is 3.92. The fourth-order valence-electron chi connectivity index (χ4n) is 4.60. The van der Waals surface area contributed by atoms with Crippen LogP contribution in [0.2, 0.25) is 10.0 Å². The fourth-order valence-corrected chi connectivity index (χ4v) is 4.98. The van der Waals surface area contributed by atoms with Crippen molar-refractivity contribution in [3.05, 3.63) is 87.5 Å². The number of benzene rings is 2. The van der Waals surface area contributed by atoms with E-state index in [-0.39, 0.29) is 5.91 Å². The standard InChI is InChI=1S/C27H27Cl2N5O/c1-32-11-13-34(14-12-32)25-10-7-19(17-30-25)26-21-16-20(28)8-9-24(21)33(2)27(35)23(31-26)15-18-5-3-4-6-22(18)29/h3-10,16-17,23H,11-15H2,1-2H3. The summed E-state index contributed by atoms with van der Waals surface area (Å²) in [5.41, 5.74) is 4.01. The minimum absolute atomic E-state index is 0.0921. The number of benzodiazepines with no additional fused rings is 1. The van der Waals surface area contributed by atoms with Crippen LogP contribution in [0.5, 0.6) is 0 Å². The number of anilines is 2. The smallest absolute Gasteiger partial charge is 0.251 e. The Hall–Kier alpha value is -2.93. The second-order valence-corrected chi connectivity index (χ2v) is 9.89. The van der Waals surface area contributed by atoms with Crippen LogP contribution in [0, 0.1) is 0 Å². The van der Waals surface area contributed by atoms with E-state index in [1.54, 1.807) is 18.0 Å². The Bertz CT molecular complexity index is 1270. The Morgan fingerprint density at radius 1 is 0.971 bits per heavy atom. The highest BCUT2D eigenvalue weighted by molar-refractivity contribution is 6.32.